The molecule has 0 aromatic heterocycles. The zero-order chi connectivity index (χ0) is 15.1. The van der Waals surface area contributed by atoms with E-state index in [1.807, 2.05) is 0 Å². The maximum absolute atomic E-state index is 11.8. The first-order valence-corrected chi connectivity index (χ1v) is 5.94. The Labute approximate surface area is 115 Å². The smallest absolute Gasteiger partial charge is 0.325 e. The van der Waals surface area contributed by atoms with Crippen LogP contribution in [0.25, 0.3) is 0 Å². The molecule has 0 bridgehead atoms. The van der Waals surface area contributed by atoms with Crippen molar-refractivity contribution >= 4 is 6.03 Å². The molecule has 5 N–H and O–H groups in total. The number of hydrogen-bond acceptors (Lipinski definition) is 6. The monoisotopic (exact) mass is 284 g/mol. The van der Waals surface area contributed by atoms with E-state index in [1.165, 1.54) is 6.20 Å². The predicted octanol–water partition coefficient (Wildman–Crippen LogP) is -2.32. The van der Waals surface area contributed by atoms with E-state index in [1.54, 1.807) is 6.92 Å². The van der Waals surface area contributed by atoms with Gasteiger partial charge in [-0.25, -0.2) is 4.79 Å². The van der Waals surface area contributed by atoms with Crippen LogP contribution in [0.5, 0.6) is 0 Å². The van der Waals surface area contributed by atoms with Gasteiger partial charge in [0.1, 0.15) is 12.2 Å². The van der Waals surface area contributed by atoms with E-state index >= 15 is 0 Å². The topological polar surface area (TPSA) is 122 Å². The van der Waals surface area contributed by atoms with Crippen molar-refractivity contribution in [1.82, 2.24) is 10.2 Å². The Morgan fingerprint density at radius 2 is 2.20 bits per heavy atom. The molecule has 0 radical (unpaired) electrons. The molecular weight excluding hydrogens is 268 g/mol. The molecule has 2 aliphatic heterocycles. The van der Waals surface area contributed by atoms with Crippen molar-refractivity contribution in [1.29, 1.82) is 0 Å². The zero-order valence-corrected chi connectivity index (χ0v) is 10.7. The molecule has 1 saturated heterocycles. The van der Waals surface area contributed by atoms with Crippen LogP contribution >= 0.6 is 0 Å². The summed E-state index contributed by atoms with van der Waals surface area (Å²) in [7, 11) is 0. The third-order valence-electron chi connectivity index (χ3n) is 3.45. The van der Waals surface area contributed by atoms with E-state index in [0.29, 0.717) is 5.57 Å². The Balaban J connectivity index is 2.31. The highest BCUT2D eigenvalue weighted by Crippen LogP contribution is 2.33. The summed E-state index contributed by atoms with van der Waals surface area (Å²) in [5, 5.41) is 40.9. The summed E-state index contributed by atoms with van der Waals surface area (Å²) in [5.41, 5.74) is -1.36. The summed E-state index contributed by atoms with van der Waals surface area (Å²) in [6, 6.07) is -0.717. The number of amides is 2. The van der Waals surface area contributed by atoms with Gasteiger partial charge in [-0.1, -0.05) is 5.92 Å². The molecule has 0 aliphatic carbocycles. The molecule has 2 amide bonds. The van der Waals surface area contributed by atoms with Crippen molar-refractivity contribution in [3.05, 3.63) is 11.8 Å². The van der Waals surface area contributed by atoms with Crippen LogP contribution in [0.1, 0.15) is 6.92 Å². The predicted molar refractivity (Wildman–Crippen MR) is 65.7 cm³/mol. The molecule has 20 heavy (non-hydrogen) atoms. The molecule has 0 aromatic rings. The summed E-state index contributed by atoms with van der Waals surface area (Å²) in [6.45, 7) is 0.856. The number of nitrogens with one attached hydrogen (secondary N) is 1. The second-order valence-corrected chi connectivity index (χ2v) is 4.77. The van der Waals surface area contributed by atoms with Gasteiger partial charge in [-0.15, -0.1) is 6.42 Å². The minimum absolute atomic E-state index is 0.414. The van der Waals surface area contributed by atoms with Crippen molar-refractivity contribution in [3.8, 4) is 12.3 Å². The van der Waals surface area contributed by atoms with Gasteiger partial charge in [0.15, 0.2) is 18.1 Å². The maximum Gasteiger partial charge on any atom is 0.325 e. The molecule has 0 saturated carbocycles. The van der Waals surface area contributed by atoms with E-state index in [0.717, 1.165) is 4.90 Å². The third-order valence-corrected chi connectivity index (χ3v) is 3.45. The highest BCUT2D eigenvalue weighted by Gasteiger charge is 2.56. The van der Waals surface area contributed by atoms with Gasteiger partial charge >= 0.3 is 6.03 Å². The quantitative estimate of drug-likeness (QED) is 0.363. The first kappa shape index (κ1) is 14.8. The Morgan fingerprint density at radius 1 is 1.55 bits per heavy atom. The van der Waals surface area contributed by atoms with Crippen LogP contribution in [0, 0.1) is 12.3 Å². The highest BCUT2D eigenvalue weighted by molar-refractivity contribution is 5.77. The second-order valence-electron chi connectivity index (χ2n) is 4.77. The number of terminal acetylenes is 1. The van der Waals surface area contributed by atoms with Crippen molar-refractivity contribution in [2.24, 2.45) is 0 Å². The van der Waals surface area contributed by atoms with E-state index in [9.17, 15) is 25.2 Å². The molecule has 1 fully saturated rings. The standard InChI is InChI=1S/C12H16N2O6/c1-3-12(5-15)8(17)7(16)10(20-12)14-4-6(2)9(18)13-11(14)19/h1,4,7-10,15-18H,5H2,2H3,(H,13,19)/t7-,8-,9?,10?,12+/m0/s1. The molecule has 8 nitrogen and oxygen atoms in total. The van der Waals surface area contributed by atoms with Gasteiger partial charge < -0.3 is 30.5 Å². The molecule has 0 aromatic carbocycles. The molecule has 5 atom stereocenters. The Morgan fingerprint density at radius 3 is 2.70 bits per heavy atom. The largest absolute Gasteiger partial charge is 0.392 e. The average Bonchev–Trinajstić information content (AvgIpc) is 2.68. The number of hydrogen-bond donors (Lipinski definition) is 5. The molecule has 2 aliphatic rings. The lowest BCUT2D eigenvalue weighted by Gasteiger charge is -2.33. The summed E-state index contributed by atoms with van der Waals surface area (Å²) in [6.07, 6.45) is 1.08. The minimum atomic E-state index is -1.78. The normalized spacial score (nSPS) is 41.1. The summed E-state index contributed by atoms with van der Waals surface area (Å²) < 4.78 is 5.32. The number of aliphatic hydroxyl groups is 4. The molecule has 2 heterocycles. The van der Waals surface area contributed by atoms with Crippen LogP contribution in [0.2, 0.25) is 0 Å². The molecular formula is C12H16N2O6. The van der Waals surface area contributed by atoms with Crippen molar-refractivity contribution < 1.29 is 30.0 Å². The lowest BCUT2D eigenvalue weighted by atomic mass is 9.97. The van der Waals surface area contributed by atoms with Crippen molar-refractivity contribution in [2.75, 3.05) is 6.61 Å². The van der Waals surface area contributed by atoms with Crippen LogP contribution < -0.4 is 5.32 Å². The minimum Gasteiger partial charge on any atom is -0.392 e. The van der Waals surface area contributed by atoms with E-state index in [-0.39, 0.29) is 0 Å². The molecule has 0 spiro atoms. The summed E-state index contributed by atoms with van der Waals surface area (Å²) in [4.78, 5) is 12.8. The number of aliphatic hydroxyl groups excluding tert-OH is 4. The Kier molecular flexibility index (Phi) is 3.73. The van der Waals surface area contributed by atoms with Gasteiger partial charge in [0.2, 0.25) is 0 Å². The SMILES string of the molecule is C#C[C@]1(CO)OC(N2C=C(C)C(O)NC2=O)[C@@H](O)[C@@H]1O. The Bertz CT molecular complexity index is 487. The molecule has 2 unspecified atom stereocenters. The maximum atomic E-state index is 11.8. The van der Waals surface area contributed by atoms with Crippen LogP contribution in [-0.4, -0.2) is 68.2 Å². The summed E-state index contributed by atoms with van der Waals surface area (Å²) in [5.74, 6) is 2.10. The fourth-order valence-electron chi connectivity index (χ4n) is 2.15. The van der Waals surface area contributed by atoms with Gasteiger partial charge in [0, 0.05) is 6.20 Å². The lowest BCUT2D eigenvalue weighted by molar-refractivity contribution is -0.101. The first-order chi connectivity index (χ1) is 9.36. The van der Waals surface area contributed by atoms with Crippen molar-refractivity contribution in [3.63, 3.8) is 0 Å². The zero-order valence-electron chi connectivity index (χ0n) is 10.7. The number of rotatable bonds is 2. The number of ether oxygens (including phenoxy) is 1. The molecule has 8 heteroatoms. The van der Waals surface area contributed by atoms with Crippen LogP contribution in [0.3, 0.4) is 0 Å². The van der Waals surface area contributed by atoms with Gasteiger partial charge in [-0.2, -0.15) is 0 Å². The van der Waals surface area contributed by atoms with Gasteiger partial charge in [-0.05, 0) is 12.5 Å². The number of carbonyl (C=O) groups is 1. The van der Waals surface area contributed by atoms with E-state index in [4.69, 9.17) is 11.2 Å². The van der Waals surface area contributed by atoms with Crippen LogP contribution in [0.4, 0.5) is 4.79 Å². The van der Waals surface area contributed by atoms with E-state index < -0.39 is 42.9 Å². The Hall–Kier alpha value is -1.63. The van der Waals surface area contributed by atoms with Crippen LogP contribution in [0.15, 0.2) is 11.8 Å². The molecule has 110 valence electrons. The highest BCUT2D eigenvalue weighted by atomic mass is 16.6. The lowest BCUT2D eigenvalue weighted by Crippen LogP contribution is -2.54. The van der Waals surface area contributed by atoms with Crippen molar-refractivity contribution in [2.45, 2.75) is 37.2 Å². The summed E-state index contributed by atoms with van der Waals surface area (Å²) >= 11 is 0. The number of urea groups is 1. The number of nitrogens with zero attached hydrogens (tertiary/aromatic N) is 1. The average molecular weight is 284 g/mol. The number of carbonyl (C=O) groups excluding carboxylic acids is 1. The fraction of sp³-hybridized carbons (Fsp3) is 0.583. The van der Waals surface area contributed by atoms with Gasteiger partial charge in [0.25, 0.3) is 0 Å². The van der Waals surface area contributed by atoms with Gasteiger partial charge in [-0.3, -0.25) is 4.90 Å². The first-order valence-electron chi connectivity index (χ1n) is 5.94. The van der Waals surface area contributed by atoms with Crippen LogP contribution in [-0.2, 0) is 4.74 Å². The second kappa shape index (κ2) is 5.05. The van der Waals surface area contributed by atoms with Gasteiger partial charge in [0.05, 0.1) is 6.61 Å². The van der Waals surface area contributed by atoms with E-state index in [2.05, 4.69) is 11.2 Å². The third kappa shape index (κ3) is 2.06. The fourth-order valence-corrected chi connectivity index (χ4v) is 2.15. The molecule has 2 rings (SSSR count).